The Balaban J connectivity index is 1.94. The third-order valence-electron chi connectivity index (χ3n) is 5.46. The Kier molecular flexibility index (Phi) is 4.78. The van der Waals surface area contributed by atoms with Gasteiger partial charge in [-0.1, -0.05) is 18.6 Å². The molecular weight excluding hydrogens is 386 g/mol. The van der Waals surface area contributed by atoms with Crippen molar-refractivity contribution in [3.8, 4) is 0 Å². The number of piperidine rings is 1. The number of para-hydroxylation sites is 1. The summed E-state index contributed by atoms with van der Waals surface area (Å²) in [5, 5.41) is 0.0558. The van der Waals surface area contributed by atoms with Gasteiger partial charge in [-0.05, 0) is 37.1 Å². The number of rotatable bonds is 1. The first kappa shape index (κ1) is 19.4. The number of halogens is 6. The molecule has 2 aromatic rings. The van der Waals surface area contributed by atoms with E-state index in [-0.39, 0.29) is 17.0 Å². The topological polar surface area (TPSA) is 25.4 Å². The van der Waals surface area contributed by atoms with Crippen molar-refractivity contribution in [2.45, 2.75) is 43.8 Å². The quantitative estimate of drug-likeness (QED) is 0.611. The van der Waals surface area contributed by atoms with Crippen molar-refractivity contribution < 1.29 is 31.1 Å². The molecular formula is C19H18F6N2O. The minimum absolute atomic E-state index is 0.0558. The van der Waals surface area contributed by atoms with Crippen LogP contribution in [0, 0.1) is 0 Å². The third kappa shape index (κ3) is 3.45. The summed E-state index contributed by atoms with van der Waals surface area (Å²) in [6.07, 6.45) is -7.75. The number of hydrogen-bond acceptors (Lipinski definition) is 3. The fourth-order valence-corrected chi connectivity index (χ4v) is 4.23. The predicted octanol–water partition coefficient (Wildman–Crippen LogP) is 5.20. The number of pyridine rings is 1. The third-order valence-corrected chi connectivity index (χ3v) is 5.46. The van der Waals surface area contributed by atoms with Gasteiger partial charge in [-0.2, -0.15) is 26.3 Å². The lowest BCUT2D eigenvalue weighted by atomic mass is 9.89. The molecule has 1 aromatic carbocycles. The van der Waals surface area contributed by atoms with E-state index in [1.54, 1.807) is 0 Å². The molecule has 9 heteroatoms. The van der Waals surface area contributed by atoms with Gasteiger partial charge in [0.1, 0.15) is 5.69 Å². The fourth-order valence-electron chi connectivity index (χ4n) is 4.23. The standard InChI is InChI=1S/C19H18F6N2O/c20-18(21,22)13-5-3-4-11-12(10-15(19(23,24)25)26-16(11)13)17-14-6-1-2-7-27(14)8-9-28-17/h3-5,10,14,17H,1-2,6-9H2/t14-,17?/m0/s1. The molecule has 3 nitrogen and oxygen atoms in total. The van der Waals surface area contributed by atoms with Gasteiger partial charge in [-0.25, -0.2) is 4.98 Å². The Morgan fingerprint density at radius 3 is 2.50 bits per heavy atom. The molecule has 1 aromatic heterocycles. The zero-order valence-corrected chi connectivity index (χ0v) is 14.8. The first-order valence-electron chi connectivity index (χ1n) is 9.10. The summed E-state index contributed by atoms with van der Waals surface area (Å²) >= 11 is 0. The van der Waals surface area contributed by atoms with Gasteiger partial charge >= 0.3 is 12.4 Å². The molecule has 0 saturated carbocycles. The van der Waals surface area contributed by atoms with Crippen LogP contribution in [0.1, 0.15) is 42.2 Å². The zero-order valence-electron chi connectivity index (χ0n) is 14.8. The highest BCUT2D eigenvalue weighted by atomic mass is 19.4. The number of benzene rings is 1. The first-order chi connectivity index (χ1) is 13.2. The van der Waals surface area contributed by atoms with Crippen molar-refractivity contribution in [1.82, 2.24) is 9.88 Å². The van der Waals surface area contributed by atoms with Gasteiger partial charge in [0.05, 0.1) is 23.8 Å². The van der Waals surface area contributed by atoms with Crippen molar-refractivity contribution in [2.24, 2.45) is 0 Å². The van der Waals surface area contributed by atoms with Gasteiger partial charge in [-0.15, -0.1) is 0 Å². The van der Waals surface area contributed by atoms with E-state index in [2.05, 4.69) is 9.88 Å². The van der Waals surface area contributed by atoms with E-state index < -0.39 is 35.2 Å². The molecule has 0 bridgehead atoms. The van der Waals surface area contributed by atoms with Crippen LogP contribution in [0.4, 0.5) is 26.3 Å². The number of hydrogen-bond donors (Lipinski definition) is 0. The van der Waals surface area contributed by atoms with E-state index in [0.29, 0.717) is 13.2 Å². The highest BCUT2D eigenvalue weighted by Gasteiger charge is 2.41. The number of nitrogens with zero attached hydrogens (tertiary/aromatic N) is 2. The highest BCUT2D eigenvalue weighted by Crippen LogP contribution is 2.42. The average Bonchev–Trinajstić information content (AvgIpc) is 2.64. The van der Waals surface area contributed by atoms with Crippen molar-refractivity contribution in [3.05, 3.63) is 41.1 Å². The summed E-state index contributed by atoms with van der Waals surface area (Å²) in [5.41, 5.74) is -3.06. The van der Waals surface area contributed by atoms with Gasteiger partial charge in [-0.3, -0.25) is 4.90 Å². The van der Waals surface area contributed by atoms with Gasteiger partial charge in [0.2, 0.25) is 0 Å². The van der Waals surface area contributed by atoms with E-state index in [0.717, 1.165) is 37.9 Å². The summed E-state index contributed by atoms with van der Waals surface area (Å²) in [4.78, 5) is 5.52. The molecule has 28 heavy (non-hydrogen) atoms. The molecule has 2 fully saturated rings. The molecule has 2 atom stereocenters. The fraction of sp³-hybridized carbons (Fsp3) is 0.526. The Morgan fingerprint density at radius 1 is 1.00 bits per heavy atom. The number of morpholine rings is 1. The molecule has 2 saturated heterocycles. The maximum absolute atomic E-state index is 13.4. The molecule has 0 N–H and O–H groups in total. The molecule has 152 valence electrons. The van der Waals surface area contributed by atoms with E-state index >= 15 is 0 Å². The minimum atomic E-state index is -4.86. The van der Waals surface area contributed by atoms with Gasteiger partial charge in [0.15, 0.2) is 0 Å². The summed E-state index contributed by atoms with van der Waals surface area (Å²) in [7, 11) is 0. The number of alkyl halides is 6. The average molecular weight is 404 g/mol. The Bertz CT molecular complexity index is 877. The van der Waals surface area contributed by atoms with Crippen LogP contribution < -0.4 is 0 Å². The highest BCUT2D eigenvalue weighted by molar-refractivity contribution is 5.86. The molecule has 0 aliphatic carbocycles. The summed E-state index contributed by atoms with van der Waals surface area (Å²) in [6.45, 7) is 1.81. The second-order valence-corrected chi connectivity index (χ2v) is 7.18. The lowest BCUT2D eigenvalue weighted by Gasteiger charge is -2.44. The first-order valence-corrected chi connectivity index (χ1v) is 9.10. The van der Waals surface area contributed by atoms with Crippen LogP contribution in [0.3, 0.4) is 0 Å². The Hall–Kier alpha value is -1.87. The summed E-state index contributed by atoms with van der Waals surface area (Å²) < 4.78 is 86.4. The summed E-state index contributed by atoms with van der Waals surface area (Å²) in [5.74, 6) is 0. The second-order valence-electron chi connectivity index (χ2n) is 7.18. The van der Waals surface area contributed by atoms with Crippen LogP contribution in [0.2, 0.25) is 0 Å². The van der Waals surface area contributed by atoms with Crippen molar-refractivity contribution in [1.29, 1.82) is 0 Å². The van der Waals surface area contributed by atoms with E-state index in [1.807, 2.05) is 0 Å². The largest absolute Gasteiger partial charge is 0.433 e. The van der Waals surface area contributed by atoms with Crippen LogP contribution >= 0.6 is 0 Å². The molecule has 1 unspecified atom stereocenters. The maximum Gasteiger partial charge on any atom is 0.433 e. The van der Waals surface area contributed by atoms with Crippen LogP contribution in [0.15, 0.2) is 24.3 Å². The second kappa shape index (κ2) is 6.88. The molecule has 3 heterocycles. The molecule has 0 amide bonds. The number of aromatic nitrogens is 1. The predicted molar refractivity (Wildman–Crippen MR) is 89.7 cm³/mol. The van der Waals surface area contributed by atoms with E-state index in [1.165, 1.54) is 12.1 Å². The zero-order chi connectivity index (χ0) is 20.1. The minimum Gasteiger partial charge on any atom is -0.371 e. The van der Waals surface area contributed by atoms with Gasteiger partial charge in [0.25, 0.3) is 0 Å². The van der Waals surface area contributed by atoms with Crippen LogP contribution in [0.5, 0.6) is 0 Å². The molecule has 4 rings (SSSR count). The number of fused-ring (bicyclic) bond motifs is 2. The lowest BCUT2D eigenvalue weighted by Crippen LogP contribution is -2.49. The lowest BCUT2D eigenvalue weighted by molar-refractivity contribution is -0.142. The molecule has 0 radical (unpaired) electrons. The van der Waals surface area contributed by atoms with E-state index in [9.17, 15) is 26.3 Å². The SMILES string of the molecule is FC(F)(F)c1cc(C2OCCN3CCCC[C@@H]23)c2cccc(C(F)(F)F)c2n1. The summed E-state index contributed by atoms with van der Waals surface area (Å²) in [6, 6.07) is 4.05. The van der Waals surface area contributed by atoms with Crippen molar-refractivity contribution in [2.75, 3.05) is 19.7 Å². The normalized spacial score (nSPS) is 24.4. The molecule has 2 aliphatic heterocycles. The van der Waals surface area contributed by atoms with Gasteiger partial charge in [0, 0.05) is 18.0 Å². The number of ether oxygens (including phenoxy) is 1. The van der Waals surface area contributed by atoms with Crippen LogP contribution in [-0.4, -0.2) is 35.6 Å². The smallest absolute Gasteiger partial charge is 0.371 e. The maximum atomic E-state index is 13.4. The van der Waals surface area contributed by atoms with Crippen molar-refractivity contribution in [3.63, 3.8) is 0 Å². The monoisotopic (exact) mass is 404 g/mol. The van der Waals surface area contributed by atoms with Crippen molar-refractivity contribution >= 4 is 10.9 Å². The Labute approximate surface area is 157 Å². The Morgan fingerprint density at radius 2 is 1.79 bits per heavy atom. The van der Waals surface area contributed by atoms with Crippen LogP contribution in [0.25, 0.3) is 10.9 Å². The molecule has 2 aliphatic rings. The molecule has 0 spiro atoms. The van der Waals surface area contributed by atoms with E-state index in [4.69, 9.17) is 4.74 Å². The van der Waals surface area contributed by atoms with Crippen LogP contribution in [-0.2, 0) is 17.1 Å². The van der Waals surface area contributed by atoms with Gasteiger partial charge < -0.3 is 4.74 Å².